The Balaban J connectivity index is 2.54. The molecule has 0 saturated heterocycles. The van der Waals surface area contributed by atoms with Crippen molar-refractivity contribution in [2.45, 2.75) is 6.92 Å². The average Bonchev–Trinajstić information content (AvgIpc) is 2.29. The van der Waals surface area contributed by atoms with Crippen molar-refractivity contribution in [1.82, 2.24) is 4.98 Å². The summed E-state index contributed by atoms with van der Waals surface area (Å²) in [5.74, 6) is -0.312. The van der Waals surface area contributed by atoms with Crippen LogP contribution in [0.15, 0.2) is 36.4 Å². The molecular formula is C13H10FNO. The van der Waals surface area contributed by atoms with Gasteiger partial charge in [-0.25, -0.2) is 4.39 Å². The number of carbonyl (C=O) groups excluding carboxylic acids is 1. The summed E-state index contributed by atoms with van der Waals surface area (Å²) >= 11 is 0. The van der Waals surface area contributed by atoms with Gasteiger partial charge in [-0.1, -0.05) is 12.1 Å². The first-order valence-corrected chi connectivity index (χ1v) is 4.90. The molecule has 0 aliphatic rings. The third-order valence-electron chi connectivity index (χ3n) is 2.40. The predicted molar refractivity (Wildman–Crippen MR) is 59.8 cm³/mol. The van der Waals surface area contributed by atoms with Crippen LogP contribution in [0.2, 0.25) is 0 Å². The maximum absolute atomic E-state index is 13.5. The molecule has 0 aliphatic carbocycles. The topological polar surface area (TPSA) is 30.0 Å². The van der Waals surface area contributed by atoms with E-state index in [2.05, 4.69) is 4.98 Å². The summed E-state index contributed by atoms with van der Waals surface area (Å²) in [5.41, 5.74) is 2.13. The van der Waals surface area contributed by atoms with Gasteiger partial charge in [0.2, 0.25) is 0 Å². The van der Waals surface area contributed by atoms with E-state index in [1.807, 2.05) is 0 Å². The first kappa shape index (κ1) is 10.5. The molecule has 0 unspecified atom stereocenters. The van der Waals surface area contributed by atoms with Crippen LogP contribution in [-0.4, -0.2) is 11.3 Å². The Kier molecular flexibility index (Phi) is 2.77. The normalized spacial score (nSPS) is 10.1. The molecule has 0 radical (unpaired) electrons. The fourth-order valence-electron chi connectivity index (χ4n) is 1.52. The Labute approximate surface area is 92.8 Å². The van der Waals surface area contributed by atoms with Crippen LogP contribution in [-0.2, 0) is 0 Å². The Hall–Kier alpha value is -2.03. The standard InChI is InChI=1S/C13H10FNO/c1-9-10(8-16)6-7-13(15-9)11-4-2-3-5-12(11)14/h2-8H,1H3. The SMILES string of the molecule is Cc1nc(-c2ccccc2F)ccc1C=O. The lowest BCUT2D eigenvalue weighted by atomic mass is 10.1. The molecule has 0 bridgehead atoms. The van der Waals surface area contributed by atoms with Crippen molar-refractivity contribution in [2.75, 3.05) is 0 Å². The number of aromatic nitrogens is 1. The van der Waals surface area contributed by atoms with Gasteiger partial charge in [0.1, 0.15) is 5.82 Å². The Morgan fingerprint density at radius 3 is 2.56 bits per heavy atom. The van der Waals surface area contributed by atoms with Crippen molar-refractivity contribution < 1.29 is 9.18 Å². The molecule has 0 aliphatic heterocycles. The molecule has 2 rings (SSSR count). The number of rotatable bonds is 2. The Morgan fingerprint density at radius 1 is 1.19 bits per heavy atom. The Morgan fingerprint density at radius 2 is 1.94 bits per heavy atom. The lowest BCUT2D eigenvalue weighted by Crippen LogP contribution is -1.94. The molecule has 0 atom stereocenters. The summed E-state index contributed by atoms with van der Waals surface area (Å²) in [5, 5.41) is 0. The van der Waals surface area contributed by atoms with E-state index in [0.29, 0.717) is 22.5 Å². The van der Waals surface area contributed by atoms with Crippen molar-refractivity contribution in [2.24, 2.45) is 0 Å². The van der Waals surface area contributed by atoms with E-state index < -0.39 is 0 Å². The molecular weight excluding hydrogens is 205 g/mol. The summed E-state index contributed by atoms with van der Waals surface area (Å²) in [7, 11) is 0. The van der Waals surface area contributed by atoms with Crippen molar-refractivity contribution in [3.8, 4) is 11.3 Å². The van der Waals surface area contributed by atoms with Crippen molar-refractivity contribution in [3.05, 3.63) is 53.5 Å². The molecule has 16 heavy (non-hydrogen) atoms. The predicted octanol–water partition coefficient (Wildman–Crippen LogP) is 3.01. The average molecular weight is 215 g/mol. The third kappa shape index (κ3) is 1.84. The highest BCUT2D eigenvalue weighted by molar-refractivity contribution is 5.77. The minimum absolute atomic E-state index is 0.312. The van der Waals surface area contributed by atoms with Gasteiger partial charge >= 0.3 is 0 Å². The number of pyridine rings is 1. The van der Waals surface area contributed by atoms with Crippen LogP contribution in [0.25, 0.3) is 11.3 Å². The van der Waals surface area contributed by atoms with E-state index in [9.17, 15) is 9.18 Å². The van der Waals surface area contributed by atoms with E-state index >= 15 is 0 Å². The molecule has 80 valence electrons. The quantitative estimate of drug-likeness (QED) is 0.721. The molecule has 0 saturated carbocycles. The number of aryl methyl sites for hydroxylation is 1. The third-order valence-corrected chi connectivity index (χ3v) is 2.40. The lowest BCUT2D eigenvalue weighted by molar-refractivity contribution is 0.112. The van der Waals surface area contributed by atoms with Gasteiger partial charge in [0.25, 0.3) is 0 Å². The highest BCUT2D eigenvalue weighted by atomic mass is 19.1. The van der Waals surface area contributed by atoms with Crippen LogP contribution >= 0.6 is 0 Å². The summed E-state index contributed by atoms with van der Waals surface area (Å²) in [6.45, 7) is 1.73. The van der Waals surface area contributed by atoms with Gasteiger partial charge in [0.15, 0.2) is 6.29 Å². The highest BCUT2D eigenvalue weighted by Crippen LogP contribution is 2.21. The minimum Gasteiger partial charge on any atom is -0.298 e. The smallest absolute Gasteiger partial charge is 0.151 e. The summed E-state index contributed by atoms with van der Waals surface area (Å²) in [6, 6.07) is 9.73. The van der Waals surface area contributed by atoms with Gasteiger partial charge in [-0.3, -0.25) is 9.78 Å². The Bertz CT molecular complexity index is 537. The van der Waals surface area contributed by atoms with Crippen LogP contribution in [0, 0.1) is 12.7 Å². The molecule has 1 heterocycles. The second-order valence-electron chi connectivity index (χ2n) is 3.47. The van der Waals surface area contributed by atoms with E-state index in [1.165, 1.54) is 6.07 Å². The zero-order valence-electron chi connectivity index (χ0n) is 8.77. The zero-order valence-corrected chi connectivity index (χ0v) is 8.77. The lowest BCUT2D eigenvalue weighted by Gasteiger charge is -2.04. The number of carbonyl (C=O) groups is 1. The van der Waals surface area contributed by atoms with Crippen LogP contribution in [0.3, 0.4) is 0 Å². The fraction of sp³-hybridized carbons (Fsp3) is 0.0769. The monoisotopic (exact) mass is 215 g/mol. The van der Waals surface area contributed by atoms with Crippen LogP contribution in [0.5, 0.6) is 0 Å². The first-order chi connectivity index (χ1) is 7.72. The second-order valence-corrected chi connectivity index (χ2v) is 3.47. The maximum Gasteiger partial charge on any atom is 0.151 e. The molecule has 0 amide bonds. The molecule has 1 aromatic carbocycles. The molecule has 1 aromatic heterocycles. The van der Waals surface area contributed by atoms with Gasteiger partial charge < -0.3 is 0 Å². The van der Waals surface area contributed by atoms with E-state index in [-0.39, 0.29) is 5.82 Å². The second kappa shape index (κ2) is 4.23. The summed E-state index contributed by atoms with van der Waals surface area (Å²) in [6.07, 6.45) is 0.744. The number of hydrogen-bond donors (Lipinski definition) is 0. The van der Waals surface area contributed by atoms with E-state index in [4.69, 9.17) is 0 Å². The molecule has 0 spiro atoms. The molecule has 0 N–H and O–H groups in total. The highest BCUT2D eigenvalue weighted by Gasteiger charge is 2.07. The molecule has 0 fully saturated rings. The number of nitrogens with zero attached hydrogens (tertiary/aromatic N) is 1. The summed E-state index contributed by atoms with van der Waals surface area (Å²) in [4.78, 5) is 14.8. The van der Waals surface area contributed by atoms with E-state index in [1.54, 1.807) is 37.3 Å². The van der Waals surface area contributed by atoms with Gasteiger partial charge in [-0.15, -0.1) is 0 Å². The molecule has 2 nitrogen and oxygen atoms in total. The van der Waals surface area contributed by atoms with Crippen molar-refractivity contribution in [1.29, 1.82) is 0 Å². The first-order valence-electron chi connectivity index (χ1n) is 4.90. The molecule has 3 heteroatoms. The maximum atomic E-state index is 13.5. The fourth-order valence-corrected chi connectivity index (χ4v) is 1.52. The van der Waals surface area contributed by atoms with E-state index in [0.717, 1.165) is 6.29 Å². The number of hydrogen-bond acceptors (Lipinski definition) is 2. The minimum atomic E-state index is -0.312. The van der Waals surface area contributed by atoms with Crippen LogP contribution in [0.1, 0.15) is 16.1 Å². The van der Waals surface area contributed by atoms with Crippen molar-refractivity contribution in [3.63, 3.8) is 0 Å². The van der Waals surface area contributed by atoms with Gasteiger partial charge in [0.05, 0.1) is 5.69 Å². The number of aldehydes is 1. The van der Waals surface area contributed by atoms with Crippen molar-refractivity contribution >= 4 is 6.29 Å². The largest absolute Gasteiger partial charge is 0.298 e. The molecule has 2 aromatic rings. The van der Waals surface area contributed by atoms with Crippen LogP contribution < -0.4 is 0 Å². The van der Waals surface area contributed by atoms with Gasteiger partial charge in [-0.05, 0) is 31.2 Å². The van der Waals surface area contributed by atoms with Gasteiger partial charge in [-0.2, -0.15) is 0 Å². The van der Waals surface area contributed by atoms with Gasteiger partial charge in [0, 0.05) is 16.8 Å². The number of benzene rings is 1. The van der Waals surface area contributed by atoms with Crippen LogP contribution in [0.4, 0.5) is 4.39 Å². The zero-order chi connectivity index (χ0) is 11.5. The summed E-state index contributed by atoms with van der Waals surface area (Å²) < 4.78 is 13.5. The number of halogens is 1.